The number of hydrogen-bond acceptors (Lipinski definition) is 2. The maximum atomic E-state index is 14.0. The van der Waals surface area contributed by atoms with Crippen LogP contribution in [0.2, 0.25) is 0 Å². The van der Waals surface area contributed by atoms with E-state index in [0.29, 0.717) is 23.2 Å². The van der Waals surface area contributed by atoms with E-state index in [9.17, 15) is 4.39 Å². The van der Waals surface area contributed by atoms with Crippen molar-refractivity contribution < 1.29 is 4.39 Å². The Labute approximate surface area is 119 Å². The largest absolute Gasteiger partial charge is 0.389 e. The monoisotopic (exact) mass is 280 g/mol. The highest BCUT2D eigenvalue weighted by Gasteiger charge is 2.20. The van der Waals surface area contributed by atoms with E-state index in [-0.39, 0.29) is 10.8 Å². The lowest BCUT2D eigenvalue weighted by atomic mass is 9.96. The van der Waals surface area contributed by atoms with Crippen molar-refractivity contribution >= 4 is 22.9 Å². The van der Waals surface area contributed by atoms with Gasteiger partial charge in [-0.2, -0.15) is 0 Å². The molecule has 19 heavy (non-hydrogen) atoms. The van der Waals surface area contributed by atoms with Crippen LogP contribution in [-0.4, -0.2) is 11.0 Å². The first-order chi connectivity index (χ1) is 9.08. The molecule has 3 N–H and O–H groups in total. The maximum absolute atomic E-state index is 14.0. The van der Waals surface area contributed by atoms with Gasteiger partial charge in [0.25, 0.3) is 0 Å². The van der Waals surface area contributed by atoms with Crippen LogP contribution in [0.25, 0.3) is 0 Å². The van der Waals surface area contributed by atoms with Crippen molar-refractivity contribution in [1.29, 1.82) is 0 Å². The third-order valence-corrected chi connectivity index (χ3v) is 4.19. The summed E-state index contributed by atoms with van der Waals surface area (Å²) in [6.07, 6.45) is 6.10. The third kappa shape index (κ3) is 3.66. The van der Waals surface area contributed by atoms with E-state index in [1.807, 2.05) is 0 Å². The minimum atomic E-state index is -0.276. The summed E-state index contributed by atoms with van der Waals surface area (Å²) in [4.78, 5) is 0.230. The molecule has 1 aromatic carbocycles. The average Bonchev–Trinajstić information content (AvgIpc) is 2.57. The lowest BCUT2D eigenvalue weighted by Gasteiger charge is -2.24. The van der Waals surface area contributed by atoms with Gasteiger partial charge < -0.3 is 11.1 Å². The molecule has 2 nitrogen and oxygen atoms in total. The Kier molecular flexibility index (Phi) is 4.75. The zero-order valence-corrected chi connectivity index (χ0v) is 12.1. The minimum absolute atomic E-state index is 0.230. The van der Waals surface area contributed by atoms with Crippen molar-refractivity contribution in [2.75, 3.05) is 5.32 Å². The van der Waals surface area contributed by atoms with E-state index in [2.05, 4.69) is 12.2 Å². The van der Waals surface area contributed by atoms with Crippen molar-refractivity contribution in [3.63, 3.8) is 0 Å². The summed E-state index contributed by atoms with van der Waals surface area (Å²) in [7, 11) is 0. The van der Waals surface area contributed by atoms with Crippen molar-refractivity contribution in [3.8, 4) is 0 Å². The van der Waals surface area contributed by atoms with E-state index in [1.54, 1.807) is 12.1 Å². The second kappa shape index (κ2) is 6.33. The normalized spacial score (nSPS) is 23.7. The van der Waals surface area contributed by atoms with Gasteiger partial charge in [0.05, 0.1) is 5.69 Å². The molecule has 0 heterocycles. The van der Waals surface area contributed by atoms with Crippen LogP contribution < -0.4 is 11.1 Å². The van der Waals surface area contributed by atoms with Crippen molar-refractivity contribution in [2.24, 2.45) is 11.7 Å². The van der Waals surface area contributed by atoms with Crippen LogP contribution in [-0.2, 0) is 0 Å². The van der Waals surface area contributed by atoms with Gasteiger partial charge in [0, 0.05) is 11.6 Å². The van der Waals surface area contributed by atoms with E-state index in [1.165, 1.54) is 31.7 Å². The van der Waals surface area contributed by atoms with Gasteiger partial charge in [-0.1, -0.05) is 38.4 Å². The lowest BCUT2D eigenvalue weighted by molar-refractivity contribution is 0.454. The number of nitrogens with one attached hydrogen (secondary N) is 1. The first-order valence-electron chi connectivity index (χ1n) is 6.94. The van der Waals surface area contributed by atoms with Crippen LogP contribution >= 0.6 is 12.2 Å². The molecule has 1 saturated carbocycles. The van der Waals surface area contributed by atoms with Crippen molar-refractivity contribution in [2.45, 2.75) is 45.1 Å². The van der Waals surface area contributed by atoms with Gasteiger partial charge >= 0.3 is 0 Å². The molecule has 0 saturated heterocycles. The first-order valence-corrected chi connectivity index (χ1v) is 7.34. The van der Waals surface area contributed by atoms with Crippen LogP contribution in [0.15, 0.2) is 18.2 Å². The predicted molar refractivity (Wildman–Crippen MR) is 81.9 cm³/mol. The number of benzene rings is 1. The van der Waals surface area contributed by atoms with Crippen molar-refractivity contribution in [3.05, 3.63) is 29.6 Å². The molecule has 1 aromatic rings. The second-order valence-corrected chi connectivity index (χ2v) is 5.86. The Hall–Kier alpha value is -1.16. The fourth-order valence-corrected chi connectivity index (χ4v) is 2.82. The molecule has 1 aliphatic carbocycles. The summed E-state index contributed by atoms with van der Waals surface area (Å²) in [6, 6.07) is 5.27. The van der Waals surface area contributed by atoms with Gasteiger partial charge in [-0.25, -0.2) is 4.39 Å². The molecule has 0 amide bonds. The Morgan fingerprint density at radius 3 is 2.74 bits per heavy atom. The molecule has 1 aliphatic rings. The van der Waals surface area contributed by atoms with E-state index in [4.69, 9.17) is 18.0 Å². The summed E-state index contributed by atoms with van der Waals surface area (Å²) in [6.45, 7) is 2.24. The third-order valence-electron chi connectivity index (χ3n) is 3.96. The Morgan fingerprint density at radius 2 is 2.05 bits per heavy atom. The Bertz CT molecular complexity index is 461. The zero-order chi connectivity index (χ0) is 13.8. The highest BCUT2D eigenvalue weighted by molar-refractivity contribution is 7.80. The van der Waals surface area contributed by atoms with E-state index < -0.39 is 0 Å². The second-order valence-electron chi connectivity index (χ2n) is 5.43. The molecule has 0 aliphatic heterocycles. The fraction of sp³-hybridized carbons (Fsp3) is 0.533. The smallest absolute Gasteiger partial charge is 0.146 e. The van der Waals surface area contributed by atoms with Crippen LogP contribution in [0.4, 0.5) is 10.1 Å². The molecule has 0 radical (unpaired) electrons. The average molecular weight is 280 g/mol. The number of hydrogen-bond donors (Lipinski definition) is 2. The number of nitrogens with two attached hydrogens (primary N) is 1. The molecule has 2 rings (SSSR count). The topological polar surface area (TPSA) is 38.0 Å². The summed E-state index contributed by atoms with van der Waals surface area (Å²) in [5, 5.41) is 3.35. The standard InChI is InChI=1S/C15H21FN2S/c1-10-5-3-2-4-6-13(10)18-14-8-7-11(15(17)19)9-12(14)16/h7-10,13,18H,2-6H2,1H3,(H2,17,19). The van der Waals surface area contributed by atoms with Crippen LogP contribution in [0.1, 0.15) is 44.6 Å². The van der Waals surface area contributed by atoms with Gasteiger partial charge in [0.1, 0.15) is 10.8 Å². The van der Waals surface area contributed by atoms with Crippen LogP contribution in [0.3, 0.4) is 0 Å². The molecular formula is C15H21FN2S. The van der Waals surface area contributed by atoms with Gasteiger partial charge in [-0.3, -0.25) is 0 Å². The summed E-state index contributed by atoms with van der Waals surface area (Å²) in [5.74, 6) is 0.305. The summed E-state index contributed by atoms with van der Waals surface area (Å²) < 4.78 is 14.0. The van der Waals surface area contributed by atoms with Crippen LogP contribution in [0, 0.1) is 11.7 Å². The molecule has 104 valence electrons. The first kappa shape index (κ1) is 14.3. The van der Waals surface area contributed by atoms with E-state index in [0.717, 1.165) is 6.42 Å². The summed E-state index contributed by atoms with van der Waals surface area (Å²) in [5.41, 5.74) is 6.63. The molecular weight excluding hydrogens is 259 g/mol. The van der Waals surface area contributed by atoms with Gasteiger partial charge in [0.2, 0.25) is 0 Å². The molecule has 1 fully saturated rings. The molecule has 0 bridgehead atoms. The Morgan fingerprint density at radius 1 is 1.32 bits per heavy atom. The van der Waals surface area contributed by atoms with Gasteiger partial charge in [0.15, 0.2) is 0 Å². The summed E-state index contributed by atoms with van der Waals surface area (Å²) >= 11 is 4.85. The van der Waals surface area contributed by atoms with Crippen molar-refractivity contribution in [1.82, 2.24) is 0 Å². The maximum Gasteiger partial charge on any atom is 0.146 e. The SMILES string of the molecule is CC1CCCCCC1Nc1ccc(C(N)=S)cc1F. The highest BCUT2D eigenvalue weighted by atomic mass is 32.1. The zero-order valence-electron chi connectivity index (χ0n) is 11.3. The predicted octanol–water partition coefficient (Wildman–Crippen LogP) is 3.84. The van der Waals surface area contributed by atoms with Crippen LogP contribution in [0.5, 0.6) is 0 Å². The molecule has 2 unspecified atom stereocenters. The fourth-order valence-electron chi connectivity index (χ4n) is 2.69. The number of thiocarbonyl (C=S) groups is 1. The number of rotatable bonds is 3. The lowest BCUT2D eigenvalue weighted by Crippen LogP contribution is -2.26. The highest BCUT2D eigenvalue weighted by Crippen LogP contribution is 2.27. The van der Waals surface area contributed by atoms with Gasteiger partial charge in [-0.15, -0.1) is 0 Å². The molecule has 0 spiro atoms. The molecule has 4 heteroatoms. The molecule has 2 atom stereocenters. The molecule has 0 aromatic heterocycles. The quantitative estimate of drug-likeness (QED) is 0.652. The number of anilines is 1. The Balaban J connectivity index is 2.11. The van der Waals surface area contributed by atoms with E-state index >= 15 is 0 Å². The minimum Gasteiger partial charge on any atom is -0.389 e. The number of halogens is 1. The van der Waals surface area contributed by atoms with Gasteiger partial charge in [-0.05, 0) is 37.0 Å².